The smallest absolute Gasteiger partial charge is 0.142 e. The lowest BCUT2D eigenvalue weighted by Gasteiger charge is -2.21. The van der Waals surface area contributed by atoms with Gasteiger partial charge < -0.3 is 14.4 Å². The van der Waals surface area contributed by atoms with E-state index in [0.29, 0.717) is 0 Å². The highest BCUT2D eigenvalue weighted by molar-refractivity contribution is 9.10. The second-order valence-corrected chi connectivity index (χ2v) is 5.01. The molecule has 1 heterocycles. The molecule has 0 bridgehead atoms. The summed E-state index contributed by atoms with van der Waals surface area (Å²) >= 11 is 3.61. The molecule has 0 fully saturated rings. The van der Waals surface area contributed by atoms with Crippen LogP contribution in [-0.4, -0.2) is 33.9 Å². The summed E-state index contributed by atoms with van der Waals surface area (Å²) in [6.45, 7) is 2.90. The van der Waals surface area contributed by atoms with Crippen molar-refractivity contribution in [3.8, 4) is 5.75 Å². The Labute approximate surface area is 111 Å². The summed E-state index contributed by atoms with van der Waals surface area (Å²) in [7, 11) is 3.48. The minimum atomic E-state index is 0.808. The van der Waals surface area contributed by atoms with Crippen LogP contribution in [0.2, 0.25) is 0 Å². The van der Waals surface area contributed by atoms with E-state index in [9.17, 15) is 0 Å². The first-order chi connectivity index (χ1) is 8.27. The van der Waals surface area contributed by atoms with E-state index < -0.39 is 0 Å². The van der Waals surface area contributed by atoms with Gasteiger partial charge in [-0.25, -0.2) is 0 Å². The number of anilines is 1. The average molecular weight is 300 g/mol. The van der Waals surface area contributed by atoms with E-state index in [1.54, 1.807) is 14.2 Å². The maximum atomic E-state index is 5.45. The van der Waals surface area contributed by atoms with Gasteiger partial charge in [-0.1, -0.05) is 15.9 Å². The van der Waals surface area contributed by atoms with Crippen molar-refractivity contribution in [2.24, 2.45) is 0 Å². The first-order valence-corrected chi connectivity index (χ1v) is 6.66. The van der Waals surface area contributed by atoms with E-state index in [0.717, 1.165) is 38.3 Å². The Morgan fingerprint density at radius 3 is 2.88 bits per heavy atom. The van der Waals surface area contributed by atoms with E-state index in [1.165, 1.54) is 15.7 Å². The van der Waals surface area contributed by atoms with Crippen LogP contribution in [0.4, 0.5) is 5.69 Å². The predicted octanol–water partition coefficient (Wildman–Crippen LogP) is 2.86. The quantitative estimate of drug-likeness (QED) is 0.781. The molecule has 0 aliphatic carbocycles. The van der Waals surface area contributed by atoms with Gasteiger partial charge in [-0.2, -0.15) is 0 Å². The van der Waals surface area contributed by atoms with Crippen LogP contribution in [0.5, 0.6) is 5.75 Å². The van der Waals surface area contributed by atoms with Crippen molar-refractivity contribution in [1.29, 1.82) is 0 Å². The van der Waals surface area contributed by atoms with Crippen molar-refractivity contribution in [2.75, 3.05) is 38.8 Å². The monoisotopic (exact) mass is 299 g/mol. The van der Waals surface area contributed by atoms with Crippen molar-refractivity contribution in [3.63, 3.8) is 0 Å². The zero-order valence-electron chi connectivity index (χ0n) is 10.3. The Kier molecular flexibility index (Phi) is 4.29. The Bertz CT molecular complexity index is 395. The van der Waals surface area contributed by atoms with Crippen molar-refractivity contribution in [3.05, 3.63) is 22.2 Å². The molecule has 1 aliphatic heterocycles. The molecule has 2 rings (SSSR count). The largest absolute Gasteiger partial charge is 0.495 e. The lowest BCUT2D eigenvalue weighted by atomic mass is 10.1. The van der Waals surface area contributed by atoms with Gasteiger partial charge in [0, 0.05) is 31.3 Å². The second-order valence-electron chi connectivity index (χ2n) is 4.16. The standard InChI is InChI=1S/C13H18BrNO2/c1-16-9-3-7-15-8-6-10-11(14)4-5-12(17-2)13(10)15/h4-5H,3,6-9H2,1-2H3. The minimum absolute atomic E-state index is 0.808. The fraction of sp³-hybridized carbons (Fsp3) is 0.538. The molecule has 1 aromatic rings. The summed E-state index contributed by atoms with van der Waals surface area (Å²) in [4.78, 5) is 2.39. The van der Waals surface area contributed by atoms with E-state index in [-0.39, 0.29) is 0 Å². The highest BCUT2D eigenvalue weighted by Gasteiger charge is 2.24. The molecule has 0 saturated carbocycles. The van der Waals surface area contributed by atoms with Crippen molar-refractivity contribution < 1.29 is 9.47 Å². The number of nitrogens with zero attached hydrogens (tertiary/aromatic N) is 1. The topological polar surface area (TPSA) is 21.7 Å². The Balaban J connectivity index is 2.20. The van der Waals surface area contributed by atoms with E-state index in [1.807, 2.05) is 6.07 Å². The highest BCUT2D eigenvalue weighted by atomic mass is 79.9. The maximum Gasteiger partial charge on any atom is 0.142 e. The van der Waals surface area contributed by atoms with Crippen LogP contribution in [-0.2, 0) is 11.2 Å². The molecule has 1 aliphatic rings. The number of benzene rings is 1. The normalized spacial score (nSPS) is 13.9. The number of hydrogen-bond acceptors (Lipinski definition) is 3. The van der Waals surface area contributed by atoms with Crippen molar-refractivity contribution in [2.45, 2.75) is 12.8 Å². The van der Waals surface area contributed by atoms with Crippen molar-refractivity contribution >= 4 is 21.6 Å². The van der Waals surface area contributed by atoms with Gasteiger partial charge in [0.05, 0.1) is 12.8 Å². The highest BCUT2D eigenvalue weighted by Crippen LogP contribution is 2.41. The van der Waals surface area contributed by atoms with Gasteiger partial charge in [0.1, 0.15) is 5.75 Å². The molecule has 0 N–H and O–H groups in total. The minimum Gasteiger partial charge on any atom is -0.495 e. The van der Waals surface area contributed by atoms with Gasteiger partial charge in [-0.3, -0.25) is 0 Å². The van der Waals surface area contributed by atoms with Crippen LogP contribution in [0.25, 0.3) is 0 Å². The molecule has 0 radical (unpaired) electrons. The van der Waals surface area contributed by atoms with Crippen LogP contribution < -0.4 is 9.64 Å². The van der Waals surface area contributed by atoms with Gasteiger partial charge >= 0.3 is 0 Å². The third-order valence-corrected chi connectivity index (χ3v) is 3.88. The molecular weight excluding hydrogens is 282 g/mol. The van der Waals surface area contributed by atoms with Crippen LogP contribution >= 0.6 is 15.9 Å². The summed E-state index contributed by atoms with van der Waals surface area (Å²) in [5.41, 5.74) is 2.61. The summed E-state index contributed by atoms with van der Waals surface area (Å²) in [5, 5.41) is 0. The predicted molar refractivity (Wildman–Crippen MR) is 73.1 cm³/mol. The van der Waals surface area contributed by atoms with E-state index >= 15 is 0 Å². The van der Waals surface area contributed by atoms with Gasteiger partial charge in [0.2, 0.25) is 0 Å². The molecule has 1 aromatic carbocycles. The first kappa shape index (κ1) is 12.7. The number of ether oxygens (including phenoxy) is 2. The number of rotatable bonds is 5. The maximum absolute atomic E-state index is 5.45. The number of methoxy groups -OCH3 is 2. The van der Waals surface area contributed by atoms with Crippen LogP contribution in [0.15, 0.2) is 16.6 Å². The summed E-state index contributed by atoms with van der Waals surface area (Å²) < 4.78 is 11.7. The second kappa shape index (κ2) is 5.74. The third kappa shape index (κ3) is 2.58. The summed E-state index contributed by atoms with van der Waals surface area (Å²) in [6.07, 6.45) is 2.13. The van der Waals surface area contributed by atoms with Gasteiger partial charge in [0.25, 0.3) is 0 Å². The molecule has 0 aromatic heterocycles. The van der Waals surface area contributed by atoms with Crippen LogP contribution in [0, 0.1) is 0 Å². The SMILES string of the molecule is COCCCN1CCc2c(Br)ccc(OC)c21. The summed E-state index contributed by atoms with van der Waals surface area (Å²) in [6, 6.07) is 4.09. The molecule has 0 atom stereocenters. The Morgan fingerprint density at radius 2 is 2.18 bits per heavy atom. The number of hydrogen-bond donors (Lipinski definition) is 0. The average Bonchev–Trinajstić information content (AvgIpc) is 2.76. The fourth-order valence-corrected chi connectivity index (χ4v) is 2.84. The number of halogens is 1. The van der Waals surface area contributed by atoms with Crippen LogP contribution in [0.3, 0.4) is 0 Å². The first-order valence-electron chi connectivity index (χ1n) is 5.87. The zero-order chi connectivity index (χ0) is 12.3. The molecule has 17 heavy (non-hydrogen) atoms. The van der Waals surface area contributed by atoms with Gasteiger partial charge in [0.15, 0.2) is 0 Å². The summed E-state index contributed by atoms with van der Waals surface area (Å²) in [5.74, 6) is 0.970. The van der Waals surface area contributed by atoms with Gasteiger partial charge in [-0.15, -0.1) is 0 Å². The van der Waals surface area contributed by atoms with E-state index in [4.69, 9.17) is 9.47 Å². The number of fused-ring (bicyclic) bond motifs is 1. The molecule has 3 nitrogen and oxygen atoms in total. The lowest BCUT2D eigenvalue weighted by molar-refractivity contribution is 0.196. The third-order valence-electron chi connectivity index (χ3n) is 3.13. The molecule has 0 spiro atoms. The molecule has 4 heteroatoms. The van der Waals surface area contributed by atoms with Crippen molar-refractivity contribution in [1.82, 2.24) is 0 Å². The Hall–Kier alpha value is -0.740. The molecule has 0 amide bonds. The van der Waals surface area contributed by atoms with Crippen LogP contribution in [0.1, 0.15) is 12.0 Å². The zero-order valence-corrected chi connectivity index (χ0v) is 11.9. The molecule has 0 unspecified atom stereocenters. The molecule has 94 valence electrons. The Morgan fingerprint density at radius 1 is 1.35 bits per heavy atom. The lowest BCUT2D eigenvalue weighted by Crippen LogP contribution is -2.23. The molecule has 0 saturated heterocycles. The van der Waals surface area contributed by atoms with Gasteiger partial charge in [-0.05, 0) is 30.5 Å². The fourth-order valence-electron chi connectivity index (χ4n) is 2.32. The molecular formula is C13H18BrNO2. The van der Waals surface area contributed by atoms with E-state index in [2.05, 4.69) is 26.9 Å².